The van der Waals surface area contributed by atoms with Crippen LogP contribution >= 0.6 is 0 Å². The van der Waals surface area contributed by atoms with Crippen molar-refractivity contribution in [3.8, 4) is 0 Å². The van der Waals surface area contributed by atoms with E-state index in [1.165, 1.54) is 6.42 Å². The third kappa shape index (κ3) is 5.04. The number of nitrogens with one attached hydrogen (secondary N) is 1. The van der Waals surface area contributed by atoms with E-state index in [0.717, 1.165) is 25.7 Å². The predicted molar refractivity (Wildman–Crippen MR) is 68.5 cm³/mol. The summed E-state index contributed by atoms with van der Waals surface area (Å²) in [4.78, 5) is 11.7. The molecule has 100 valence electrons. The lowest BCUT2D eigenvalue weighted by Crippen LogP contribution is -2.49. The van der Waals surface area contributed by atoms with Crippen LogP contribution in [0.25, 0.3) is 0 Å². The fourth-order valence-electron chi connectivity index (χ4n) is 2.38. The Morgan fingerprint density at radius 2 is 1.94 bits per heavy atom. The monoisotopic (exact) mass is 242 g/mol. The molecule has 0 aromatic rings. The molecular formula is C13H26N2O2. The molecule has 0 radical (unpaired) electrons. The van der Waals surface area contributed by atoms with E-state index in [-0.39, 0.29) is 5.91 Å². The number of rotatable bonds is 5. The van der Waals surface area contributed by atoms with Crippen LogP contribution in [0.2, 0.25) is 0 Å². The van der Waals surface area contributed by atoms with Gasteiger partial charge in [-0.2, -0.15) is 0 Å². The number of carbonyl (C=O) groups excluding carboxylic acids is 1. The second-order valence-corrected chi connectivity index (χ2v) is 5.74. The molecule has 0 aromatic carbocycles. The Bertz CT molecular complexity index is 248. The predicted octanol–water partition coefficient (Wildman–Crippen LogP) is 1.17. The molecule has 1 fully saturated rings. The van der Waals surface area contributed by atoms with Crippen molar-refractivity contribution in [1.29, 1.82) is 0 Å². The van der Waals surface area contributed by atoms with Gasteiger partial charge in [0.15, 0.2) is 0 Å². The lowest BCUT2D eigenvalue weighted by Gasteiger charge is -2.32. The Balaban J connectivity index is 2.31. The molecule has 1 aliphatic rings. The van der Waals surface area contributed by atoms with E-state index in [0.29, 0.717) is 18.9 Å². The molecule has 0 bridgehead atoms. The topological polar surface area (TPSA) is 75.4 Å². The fraction of sp³-hybridized carbons (Fsp3) is 0.923. The van der Waals surface area contributed by atoms with Crippen LogP contribution in [0, 0.1) is 5.92 Å². The van der Waals surface area contributed by atoms with Gasteiger partial charge in [0.05, 0.1) is 11.6 Å². The van der Waals surface area contributed by atoms with E-state index < -0.39 is 11.6 Å². The molecule has 4 N–H and O–H groups in total. The number of hydrogen-bond acceptors (Lipinski definition) is 3. The highest BCUT2D eigenvalue weighted by molar-refractivity contribution is 5.81. The van der Waals surface area contributed by atoms with Crippen molar-refractivity contribution in [3.63, 3.8) is 0 Å². The van der Waals surface area contributed by atoms with Gasteiger partial charge >= 0.3 is 0 Å². The van der Waals surface area contributed by atoms with Gasteiger partial charge in [-0.05, 0) is 25.2 Å². The summed E-state index contributed by atoms with van der Waals surface area (Å²) in [5.74, 6) is 0.270. The van der Waals surface area contributed by atoms with Gasteiger partial charge in [-0.25, -0.2) is 0 Å². The van der Waals surface area contributed by atoms with Crippen molar-refractivity contribution in [1.82, 2.24) is 5.32 Å². The van der Waals surface area contributed by atoms with Gasteiger partial charge in [0.2, 0.25) is 5.91 Å². The highest BCUT2D eigenvalue weighted by Gasteiger charge is 2.30. The van der Waals surface area contributed by atoms with Crippen LogP contribution < -0.4 is 11.1 Å². The second kappa shape index (κ2) is 6.36. The Morgan fingerprint density at radius 3 is 2.47 bits per heavy atom. The minimum absolute atomic E-state index is 0.141. The van der Waals surface area contributed by atoms with Gasteiger partial charge < -0.3 is 16.2 Å². The highest BCUT2D eigenvalue weighted by atomic mass is 16.3. The van der Waals surface area contributed by atoms with Crippen molar-refractivity contribution in [2.75, 3.05) is 6.54 Å². The molecule has 1 atom stereocenters. The lowest BCUT2D eigenvalue weighted by molar-refractivity contribution is -0.124. The van der Waals surface area contributed by atoms with Crippen LogP contribution in [-0.4, -0.2) is 29.2 Å². The molecular weight excluding hydrogens is 216 g/mol. The normalized spacial score (nSPS) is 21.2. The first-order valence-electron chi connectivity index (χ1n) is 6.69. The molecule has 0 heterocycles. The number of amides is 1. The van der Waals surface area contributed by atoms with Crippen molar-refractivity contribution in [3.05, 3.63) is 0 Å². The Morgan fingerprint density at radius 1 is 1.35 bits per heavy atom. The van der Waals surface area contributed by atoms with Crippen LogP contribution in [0.3, 0.4) is 0 Å². The first kappa shape index (κ1) is 14.5. The number of carbonyl (C=O) groups is 1. The summed E-state index contributed by atoms with van der Waals surface area (Å²) in [5, 5.41) is 13.0. The molecule has 0 aromatic heterocycles. The molecule has 1 rings (SSSR count). The standard InChI is InChI=1S/C13H26N2O2/c1-10(2)8-11(14)12(16)15-9-13(17)6-4-3-5-7-13/h10-11,17H,3-9,14H2,1-2H3,(H,15,16). The van der Waals surface area contributed by atoms with Crippen molar-refractivity contribution in [2.24, 2.45) is 11.7 Å². The summed E-state index contributed by atoms with van der Waals surface area (Å²) in [5.41, 5.74) is 5.08. The molecule has 0 aliphatic heterocycles. The van der Waals surface area contributed by atoms with E-state index in [9.17, 15) is 9.90 Å². The highest BCUT2D eigenvalue weighted by Crippen LogP contribution is 2.27. The number of nitrogens with two attached hydrogens (primary N) is 1. The maximum Gasteiger partial charge on any atom is 0.237 e. The molecule has 1 amide bonds. The van der Waals surface area contributed by atoms with Crippen molar-refractivity contribution >= 4 is 5.91 Å². The van der Waals surface area contributed by atoms with E-state index in [4.69, 9.17) is 5.73 Å². The quantitative estimate of drug-likeness (QED) is 0.677. The van der Waals surface area contributed by atoms with Gasteiger partial charge in [0.25, 0.3) is 0 Å². The Kier molecular flexibility index (Phi) is 5.40. The summed E-state index contributed by atoms with van der Waals surface area (Å²) in [6, 6.07) is -0.456. The third-order valence-electron chi connectivity index (χ3n) is 3.44. The Hall–Kier alpha value is -0.610. The molecule has 1 unspecified atom stereocenters. The van der Waals surface area contributed by atoms with Gasteiger partial charge in [0, 0.05) is 6.54 Å². The maximum atomic E-state index is 11.7. The van der Waals surface area contributed by atoms with Crippen LogP contribution in [-0.2, 0) is 4.79 Å². The summed E-state index contributed by atoms with van der Waals surface area (Å²) in [6.07, 6.45) is 5.53. The molecule has 4 nitrogen and oxygen atoms in total. The van der Waals surface area contributed by atoms with Gasteiger partial charge in [-0.1, -0.05) is 33.1 Å². The first-order chi connectivity index (χ1) is 7.93. The zero-order chi connectivity index (χ0) is 12.9. The smallest absolute Gasteiger partial charge is 0.237 e. The van der Waals surface area contributed by atoms with Gasteiger partial charge in [-0.15, -0.1) is 0 Å². The largest absolute Gasteiger partial charge is 0.388 e. The van der Waals surface area contributed by atoms with E-state index in [1.807, 2.05) is 13.8 Å². The first-order valence-corrected chi connectivity index (χ1v) is 6.69. The minimum Gasteiger partial charge on any atom is -0.388 e. The van der Waals surface area contributed by atoms with Gasteiger partial charge in [-0.3, -0.25) is 4.79 Å². The van der Waals surface area contributed by atoms with E-state index in [1.54, 1.807) is 0 Å². The molecule has 1 aliphatic carbocycles. The summed E-state index contributed by atoms with van der Waals surface area (Å²) in [6.45, 7) is 4.43. The van der Waals surface area contributed by atoms with E-state index in [2.05, 4.69) is 5.32 Å². The number of hydrogen-bond donors (Lipinski definition) is 3. The zero-order valence-electron chi connectivity index (χ0n) is 11.0. The summed E-state index contributed by atoms with van der Waals surface area (Å²) < 4.78 is 0. The third-order valence-corrected chi connectivity index (χ3v) is 3.44. The SMILES string of the molecule is CC(C)CC(N)C(=O)NCC1(O)CCCCC1. The second-order valence-electron chi connectivity index (χ2n) is 5.74. The molecule has 4 heteroatoms. The van der Waals surface area contributed by atoms with E-state index >= 15 is 0 Å². The molecule has 0 saturated heterocycles. The lowest BCUT2D eigenvalue weighted by atomic mass is 9.85. The van der Waals surface area contributed by atoms with Crippen molar-refractivity contribution < 1.29 is 9.90 Å². The molecule has 17 heavy (non-hydrogen) atoms. The average molecular weight is 242 g/mol. The summed E-state index contributed by atoms with van der Waals surface area (Å²) >= 11 is 0. The van der Waals surface area contributed by atoms with Crippen LogP contribution in [0.1, 0.15) is 52.4 Å². The van der Waals surface area contributed by atoms with Crippen LogP contribution in [0.4, 0.5) is 0 Å². The Labute approximate surface area is 104 Å². The number of aliphatic hydroxyl groups is 1. The zero-order valence-corrected chi connectivity index (χ0v) is 11.0. The summed E-state index contributed by atoms with van der Waals surface area (Å²) in [7, 11) is 0. The van der Waals surface area contributed by atoms with Gasteiger partial charge in [0.1, 0.15) is 0 Å². The van der Waals surface area contributed by atoms with Crippen LogP contribution in [0.5, 0.6) is 0 Å². The van der Waals surface area contributed by atoms with Crippen molar-refractivity contribution in [2.45, 2.75) is 64.0 Å². The minimum atomic E-state index is -0.703. The molecule has 1 saturated carbocycles. The maximum absolute atomic E-state index is 11.7. The van der Waals surface area contributed by atoms with Crippen LogP contribution in [0.15, 0.2) is 0 Å². The average Bonchev–Trinajstić information content (AvgIpc) is 2.26. The fourth-order valence-corrected chi connectivity index (χ4v) is 2.38. The molecule has 0 spiro atoms.